The van der Waals surface area contributed by atoms with Gasteiger partial charge in [-0.05, 0) is 24.9 Å². The number of aromatic nitrogens is 1. The molecule has 0 aliphatic rings. The van der Waals surface area contributed by atoms with E-state index < -0.39 is 11.6 Å². The van der Waals surface area contributed by atoms with Gasteiger partial charge in [0.25, 0.3) is 0 Å². The van der Waals surface area contributed by atoms with Gasteiger partial charge in [-0.3, -0.25) is 0 Å². The Morgan fingerprint density at radius 2 is 1.89 bits per heavy atom. The van der Waals surface area contributed by atoms with Gasteiger partial charge in [0.05, 0.1) is 0 Å². The van der Waals surface area contributed by atoms with Crippen LogP contribution >= 0.6 is 11.8 Å². The van der Waals surface area contributed by atoms with Gasteiger partial charge in [0.2, 0.25) is 0 Å². The minimum atomic E-state index is -0.669. The van der Waals surface area contributed by atoms with Crippen LogP contribution in [0.25, 0.3) is 0 Å². The van der Waals surface area contributed by atoms with E-state index in [-0.39, 0.29) is 11.6 Å². The topological polar surface area (TPSA) is 37.0 Å². The van der Waals surface area contributed by atoms with Gasteiger partial charge >= 0.3 is 0 Å². The van der Waals surface area contributed by atoms with Crippen LogP contribution in [0.4, 0.5) is 20.4 Å². The molecule has 0 fully saturated rings. The van der Waals surface area contributed by atoms with E-state index in [1.54, 1.807) is 11.8 Å². The monoisotopic (exact) mass is 275 g/mol. The van der Waals surface area contributed by atoms with Crippen molar-refractivity contribution in [3.63, 3.8) is 0 Å². The Balaban J connectivity index is 2.72. The minimum absolute atomic E-state index is 0.0823. The highest BCUT2D eigenvalue weighted by Crippen LogP contribution is 2.19. The van der Waals surface area contributed by atoms with Crippen LogP contribution in [0, 0.1) is 17.6 Å². The Labute approximate surface area is 111 Å². The molecule has 0 amide bonds. The molecule has 3 nitrogen and oxygen atoms in total. The second kappa shape index (κ2) is 7.41. The second-order valence-electron chi connectivity index (χ2n) is 4.12. The lowest BCUT2D eigenvalue weighted by atomic mass is 10.2. The van der Waals surface area contributed by atoms with Gasteiger partial charge < -0.3 is 10.6 Å². The van der Waals surface area contributed by atoms with E-state index in [9.17, 15) is 8.78 Å². The smallest absolute Gasteiger partial charge is 0.168 e. The van der Waals surface area contributed by atoms with Gasteiger partial charge in [-0.2, -0.15) is 11.8 Å². The summed E-state index contributed by atoms with van der Waals surface area (Å²) in [4.78, 5) is 3.91. The highest BCUT2D eigenvalue weighted by Gasteiger charge is 2.12. The first-order valence-corrected chi connectivity index (χ1v) is 7.30. The molecular weight excluding hydrogens is 256 g/mol. The van der Waals surface area contributed by atoms with Crippen molar-refractivity contribution in [2.45, 2.75) is 13.8 Å². The summed E-state index contributed by atoms with van der Waals surface area (Å²) in [5.74, 6) is 0.228. The van der Waals surface area contributed by atoms with Crippen molar-refractivity contribution in [3.8, 4) is 0 Å². The molecular formula is C12H19F2N3S. The Morgan fingerprint density at radius 1 is 1.28 bits per heavy atom. The molecule has 1 heterocycles. The third-order valence-electron chi connectivity index (χ3n) is 2.34. The number of thioether (sulfide) groups is 1. The molecule has 0 bridgehead atoms. The zero-order chi connectivity index (χ0) is 13.5. The summed E-state index contributed by atoms with van der Waals surface area (Å²) in [5, 5.41) is 5.68. The number of rotatable bonds is 7. The molecule has 0 aromatic carbocycles. The number of halogens is 2. The molecule has 1 rings (SSSR count). The number of nitrogens with one attached hydrogen (secondary N) is 2. The molecule has 1 atom stereocenters. The summed E-state index contributed by atoms with van der Waals surface area (Å²) in [6.45, 7) is 5.05. The van der Waals surface area contributed by atoms with Gasteiger partial charge in [0.1, 0.15) is 0 Å². The molecule has 0 saturated carbocycles. The Kier molecular flexibility index (Phi) is 6.18. The lowest BCUT2D eigenvalue weighted by Gasteiger charge is -2.13. The summed E-state index contributed by atoms with van der Waals surface area (Å²) in [7, 11) is 0. The number of hydrogen-bond acceptors (Lipinski definition) is 4. The molecule has 0 saturated heterocycles. The third-order valence-corrected chi connectivity index (χ3v) is 3.25. The summed E-state index contributed by atoms with van der Waals surface area (Å²) in [5.41, 5.74) is 0. The quantitative estimate of drug-likeness (QED) is 0.801. The van der Waals surface area contributed by atoms with Crippen LogP contribution in [-0.2, 0) is 0 Å². The number of pyridine rings is 1. The van der Waals surface area contributed by atoms with Crippen LogP contribution in [0.3, 0.4) is 0 Å². The Hall–Kier alpha value is -1.04. The number of hydrogen-bond donors (Lipinski definition) is 2. The van der Waals surface area contributed by atoms with Crippen molar-refractivity contribution in [2.24, 2.45) is 5.92 Å². The second-order valence-corrected chi connectivity index (χ2v) is 5.03. The van der Waals surface area contributed by atoms with Crippen molar-refractivity contribution >= 4 is 23.4 Å². The molecule has 1 unspecified atom stereocenters. The summed E-state index contributed by atoms with van der Waals surface area (Å²) >= 11 is 1.74. The molecule has 1 aromatic rings. The van der Waals surface area contributed by atoms with Crippen LogP contribution in [0.15, 0.2) is 6.07 Å². The molecule has 6 heteroatoms. The molecule has 0 aliphatic carbocycles. The first kappa shape index (κ1) is 15.0. The average molecular weight is 275 g/mol. The maximum Gasteiger partial charge on any atom is 0.168 e. The molecule has 2 N–H and O–H groups in total. The van der Waals surface area contributed by atoms with E-state index in [0.29, 0.717) is 19.0 Å². The van der Waals surface area contributed by atoms with E-state index in [4.69, 9.17) is 0 Å². The lowest BCUT2D eigenvalue weighted by Crippen LogP contribution is -2.16. The summed E-state index contributed by atoms with van der Waals surface area (Å²) in [6.07, 6.45) is 2.02. The molecule has 1 aromatic heterocycles. The fourth-order valence-electron chi connectivity index (χ4n) is 1.50. The standard InChI is InChI=1S/C12H19F2N3S/c1-4-15-11-9(13)5-10(14)12(17-11)16-6-8(2)7-18-3/h5,8H,4,6-7H2,1-3H3,(H2,15,16,17). The van der Waals surface area contributed by atoms with Gasteiger partial charge in [-0.1, -0.05) is 6.92 Å². The van der Waals surface area contributed by atoms with Gasteiger partial charge in [-0.15, -0.1) is 0 Å². The van der Waals surface area contributed by atoms with Gasteiger partial charge in [-0.25, -0.2) is 13.8 Å². The summed E-state index contributed by atoms with van der Waals surface area (Å²) < 4.78 is 26.8. The van der Waals surface area contributed by atoms with Gasteiger partial charge in [0.15, 0.2) is 23.3 Å². The van der Waals surface area contributed by atoms with Crippen LogP contribution < -0.4 is 10.6 Å². The van der Waals surface area contributed by atoms with Crippen LogP contribution in [-0.4, -0.2) is 30.1 Å². The maximum atomic E-state index is 13.5. The van der Waals surface area contributed by atoms with Crippen LogP contribution in [0.1, 0.15) is 13.8 Å². The highest BCUT2D eigenvalue weighted by atomic mass is 32.2. The van der Waals surface area contributed by atoms with E-state index in [1.807, 2.05) is 13.2 Å². The van der Waals surface area contributed by atoms with E-state index in [2.05, 4.69) is 22.5 Å². The highest BCUT2D eigenvalue weighted by molar-refractivity contribution is 7.98. The van der Waals surface area contributed by atoms with Crippen molar-refractivity contribution in [1.82, 2.24) is 4.98 Å². The lowest BCUT2D eigenvalue weighted by molar-refractivity contribution is 0.576. The molecule has 0 aliphatic heterocycles. The first-order chi connectivity index (χ1) is 8.58. The SMILES string of the molecule is CCNc1nc(NCC(C)CSC)c(F)cc1F. The van der Waals surface area contributed by atoms with Crippen molar-refractivity contribution < 1.29 is 8.78 Å². The summed E-state index contributed by atoms with van der Waals surface area (Å²) in [6, 6.07) is 0.854. The van der Waals surface area contributed by atoms with Crippen LogP contribution in [0.5, 0.6) is 0 Å². The predicted molar refractivity (Wildman–Crippen MR) is 74.4 cm³/mol. The Bertz CT molecular complexity index is 388. The minimum Gasteiger partial charge on any atom is -0.368 e. The molecule has 0 spiro atoms. The van der Waals surface area contributed by atoms with E-state index >= 15 is 0 Å². The average Bonchev–Trinajstić information content (AvgIpc) is 2.31. The van der Waals surface area contributed by atoms with Crippen molar-refractivity contribution in [3.05, 3.63) is 17.7 Å². The zero-order valence-corrected chi connectivity index (χ0v) is 11.7. The van der Waals surface area contributed by atoms with Crippen LogP contribution in [0.2, 0.25) is 0 Å². The predicted octanol–water partition coefficient (Wildman–Crippen LogP) is 3.20. The van der Waals surface area contributed by atoms with Crippen molar-refractivity contribution in [2.75, 3.05) is 35.7 Å². The number of nitrogens with zero attached hydrogens (tertiary/aromatic N) is 1. The molecule has 0 radical (unpaired) electrons. The van der Waals surface area contributed by atoms with E-state index in [0.717, 1.165) is 11.8 Å². The van der Waals surface area contributed by atoms with Crippen molar-refractivity contribution in [1.29, 1.82) is 0 Å². The third kappa shape index (κ3) is 4.33. The largest absolute Gasteiger partial charge is 0.368 e. The fraction of sp³-hybridized carbons (Fsp3) is 0.583. The normalized spacial score (nSPS) is 12.3. The van der Waals surface area contributed by atoms with E-state index in [1.165, 1.54) is 0 Å². The fourth-order valence-corrected chi connectivity index (χ4v) is 2.18. The number of anilines is 2. The molecule has 18 heavy (non-hydrogen) atoms. The zero-order valence-electron chi connectivity index (χ0n) is 10.9. The Morgan fingerprint density at radius 3 is 2.44 bits per heavy atom. The first-order valence-electron chi connectivity index (χ1n) is 5.91. The van der Waals surface area contributed by atoms with Gasteiger partial charge in [0, 0.05) is 19.2 Å². The maximum absolute atomic E-state index is 13.5. The molecule has 102 valence electrons.